The van der Waals surface area contributed by atoms with E-state index in [0.29, 0.717) is 24.1 Å². The highest BCUT2D eigenvalue weighted by Gasteiger charge is 2.18. The van der Waals surface area contributed by atoms with Crippen LogP contribution in [0.5, 0.6) is 5.75 Å². The van der Waals surface area contributed by atoms with E-state index in [1.807, 2.05) is 33.0 Å². The lowest BCUT2D eigenvalue weighted by atomic mass is 10.1. The van der Waals surface area contributed by atoms with Gasteiger partial charge in [0.2, 0.25) is 0 Å². The number of nitrogens with zero attached hydrogens (tertiary/aromatic N) is 4. The van der Waals surface area contributed by atoms with Crippen molar-refractivity contribution < 1.29 is 14.3 Å². The van der Waals surface area contributed by atoms with Gasteiger partial charge in [-0.05, 0) is 45.4 Å². The van der Waals surface area contributed by atoms with Gasteiger partial charge in [0.25, 0.3) is 0 Å². The minimum Gasteiger partial charge on any atom is -0.492 e. The molecule has 3 heterocycles. The van der Waals surface area contributed by atoms with E-state index in [-0.39, 0.29) is 11.7 Å². The molecule has 0 saturated carbocycles. The molecular formula is C19H22N4O3. The predicted octanol–water partition coefficient (Wildman–Crippen LogP) is 3.32. The average molecular weight is 354 g/mol. The van der Waals surface area contributed by atoms with Crippen LogP contribution < -0.4 is 4.74 Å². The van der Waals surface area contributed by atoms with Crippen LogP contribution in [0.2, 0.25) is 0 Å². The van der Waals surface area contributed by atoms with Gasteiger partial charge in [0.05, 0.1) is 42.0 Å². The summed E-state index contributed by atoms with van der Waals surface area (Å²) in [5.74, 6) is 0.336. The smallest absolute Gasteiger partial charge is 0.357 e. The Balaban J connectivity index is 1.96. The van der Waals surface area contributed by atoms with Crippen molar-refractivity contribution in [3.05, 3.63) is 47.7 Å². The van der Waals surface area contributed by atoms with Crippen LogP contribution in [0, 0.1) is 6.92 Å². The molecule has 1 atom stereocenters. The molecule has 0 aromatic carbocycles. The van der Waals surface area contributed by atoms with Crippen LogP contribution in [-0.2, 0) is 4.74 Å². The fraction of sp³-hybridized carbons (Fsp3) is 0.368. The summed E-state index contributed by atoms with van der Waals surface area (Å²) in [5, 5.41) is 5.25. The van der Waals surface area contributed by atoms with E-state index in [0.717, 1.165) is 17.0 Å². The zero-order valence-corrected chi connectivity index (χ0v) is 15.4. The zero-order chi connectivity index (χ0) is 18.7. The van der Waals surface area contributed by atoms with Gasteiger partial charge in [-0.25, -0.2) is 9.78 Å². The lowest BCUT2D eigenvalue weighted by molar-refractivity contribution is 0.0522. The van der Waals surface area contributed by atoms with Gasteiger partial charge in [-0.15, -0.1) is 0 Å². The van der Waals surface area contributed by atoms with Crippen molar-refractivity contribution >= 4 is 16.9 Å². The van der Waals surface area contributed by atoms with Crippen LogP contribution in [-0.4, -0.2) is 38.9 Å². The molecule has 0 saturated heterocycles. The van der Waals surface area contributed by atoms with E-state index in [2.05, 4.69) is 15.1 Å². The summed E-state index contributed by atoms with van der Waals surface area (Å²) in [6.07, 6.45) is 5.11. The predicted molar refractivity (Wildman–Crippen MR) is 97.4 cm³/mol. The van der Waals surface area contributed by atoms with Crippen molar-refractivity contribution in [3.8, 4) is 5.75 Å². The molecule has 0 bridgehead atoms. The fourth-order valence-electron chi connectivity index (χ4n) is 2.76. The molecule has 3 rings (SSSR count). The third-order valence-electron chi connectivity index (χ3n) is 4.13. The first kappa shape index (κ1) is 17.8. The number of pyridine rings is 2. The average Bonchev–Trinajstić information content (AvgIpc) is 3.07. The highest BCUT2D eigenvalue weighted by Crippen LogP contribution is 2.24. The van der Waals surface area contributed by atoms with E-state index < -0.39 is 5.97 Å². The van der Waals surface area contributed by atoms with Gasteiger partial charge >= 0.3 is 5.97 Å². The summed E-state index contributed by atoms with van der Waals surface area (Å²) in [7, 11) is 0. The third kappa shape index (κ3) is 3.37. The van der Waals surface area contributed by atoms with Crippen molar-refractivity contribution in [2.24, 2.45) is 0 Å². The van der Waals surface area contributed by atoms with E-state index >= 15 is 0 Å². The molecule has 0 aliphatic carbocycles. The molecule has 1 unspecified atom stereocenters. The first-order valence-corrected chi connectivity index (χ1v) is 8.65. The van der Waals surface area contributed by atoms with Gasteiger partial charge in [-0.3, -0.25) is 9.67 Å². The number of aromatic nitrogens is 4. The second kappa shape index (κ2) is 7.51. The lowest BCUT2D eigenvalue weighted by Crippen LogP contribution is -2.10. The lowest BCUT2D eigenvalue weighted by Gasteiger charge is -2.14. The third-order valence-corrected chi connectivity index (χ3v) is 4.13. The maximum absolute atomic E-state index is 12.1. The highest BCUT2D eigenvalue weighted by molar-refractivity contribution is 6.01. The number of esters is 1. The van der Waals surface area contributed by atoms with Crippen molar-refractivity contribution in [1.82, 2.24) is 19.7 Å². The van der Waals surface area contributed by atoms with Crippen LogP contribution >= 0.6 is 0 Å². The maximum Gasteiger partial charge on any atom is 0.357 e. The van der Waals surface area contributed by atoms with Crippen LogP contribution in [0.4, 0.5) is 0 Å². The summed E-state index contributed by atoms with van der Waals surface area (Å²) >= 11 is 0. The van der Waals surface area contributed by atoms with Gasteiger partial charge in [-0.1, -0.05) is 0 Å². The molecule has 0 fully saturated rings. The van der Waals surface area contributed by atoms with Crippen LogP contribution in [0.3, 0.4) is 0 Å². The molecular weight excluding hydrogens is 332 g/mol. The number of hydrogen-bond donors (Lipinski definition) is 0. The van der Waals surface area contributed by atoms with Gasteiger partial charge in [0.1, 0.15) is 5.75 Å². The van der Waals surface area contributed by atoms with Crippen LogP contribution in [0.25, 0.3) is 10.9 Å². The van der Waals surface area contributed by atoms with Gasteiger partial charge in [-0.2, -0.15) is 5.10 Å². The molecule has 3 aromatic heterocycles. The molecule has 26 heavy (non-hydrogen) atoms. The van der Waals surface area contributed by atoms with Crippen LogP contribution in [0.1, 0.15) is 48.6 Å². The second-order valence-electron chi connectivity index (χ2n) is 5.91. The number of aryl methyl sites for hydroxylation is 1. The highest BCUT2D eigenvalue weighted by atomic mass is 16.5. The van der Waals surface area contributed by atoms with Crippen molar-refractivity contribution in [2.45, 2.75) is 33.7 Å². The largest absolute Gasteiger partial charge is 0.492 e. The summed E-state index contributed by atoms with van der Waals surface area (Å²) in [5.41, 5.74) is 2.86. The van der Waals surface area contributed by atoms with E-state index in [1.54, 1.807) is 30.1 Å². The number of carbonyl (C=O) groups is 1. The zero-order valence-electron chi connectivity index (χ0n) is 15.4. The summed E-state index contributed by atoms with van der Waals surface area (Å²) in [6.45, 7) is 8.61. The quantitative estimate of drug-likeness (QED) is 0.632. The Labute approximate surface area is 152 Å². The molecule has 0 N–H and O–H groups in total. The molecule has 0 spiro atoms. The van der Waals surface area contributed by atoms with Gasteiger partial charge in [0.15, 0.2) is 5.69 Å². The Morgan fingerprint density at radius 3 is 2.77 bits per heavy atom. The van der Waals surface area contributed by atoms with Crippen molar-refractivity contribution in [2.75, 3.05) is 13.2 Å². The Morgan fingerprint density at radius 2 is 2.08 bits per heavy atom. The number of fused-ring (bicyclic) bond motifs is 1. The second-order valence-corrected chi connectivity index (χ2v) is 5.91. The minimum atomic E-state index is -0.444. The Kier molecular flexibility index (Phi) is 5.16. The first-order valence-electron chi connectivity index (χ1n) is 8.65. The normalized spacial score (nSPS) is 12.2. The molecule has 0 aliphatic heterocycles. The number of rotatable bonds is 6. The Hall–Kier alpha value is -2.96. The Morgan fingerprint density at radius 1 is 1.27 bits per heavy atom. The SMILES string of the molecule is CCOC(=O)c1nccc2nn(C(C)c3cc(C)c(OCC)cn3)cc12. The van der Waals surface area contributed by atoms with Gasteiger partial charge < -0.3 is 9.47 Å². The fourth-order valence-corrected chi connectivity index (χ4v) is 2.76. The number of hydrogen-bond acceptors (Lipinski definition) is 6. The molecule has 0 radical (unpaired) electrons. The van der Waals surface area contributed by atoms with Crippen LogP contribution in [0.15, 0.2) is 30.7 Å². The molecule has 0 aliphatic rings. The van der Waals surface area contributed by atoms with E-state index in [1.165, 1.54) is 0 Å². The van der Waals surface area contributed by atoms with Crippen molar-refractivity contribution in [1.29, 1.82) is 0 Å². The summed E-state index contributed by atoms with van der Waals surface area (Å²) in [6, 6.07) is 3.66. The van der Waals surface area contributed by atoms with Gasteiger partial charge in [0, 0.05) is 12.4 Å². The number of carbonyl (C=O) groups excluding carboxylic acids is 1. The van der Waals surface area contributed by atoms with E-state index in [4.69, 9.17) is 9.47 Å². The number of ether oxygens (including phenoxy) is 2. The summed E-state index contributed by atoms with van der Waals surface area (Å²) < 4.78 is 12.4. The molecule has 3 aromatic rings. The molecule has 7 heteroatoms. The maximum atomic E-state index is 12.1. The standard InChI is InChI=1S/C19H22N4O3/c1-5-25-17-10-21-16(9-12(17)3)13(4)23-11-14-15(22-23)7-8-20-18(14)19(24)26-6-2/h7-11,13H,5-6H2,1-4H3. The topological polar surface area (TPSA) is 79.1 Å². The van der Waals surface area contributed by atoms with Crippen molar-refractivity contribution in [3.63, 3.8) is 0 Å². The molecule has 0 amide bonds. The molecule has 7 nitrogen and oxygen atoms in total. The summed E-state index contributed by atoms with van der Waals surface area (Å²) in [4.78, 5) is 20.8. The molecule has 136 valence electrons. The first-order chi connectivity index (χ1) is 12.5. The van der Waals surface area contributed by atoms with E-state index in [9.17, 15) is 4.79 Å². The Bertz CT molecular complexity index is 936. The minimum absolute atomic E-state index is 0.105. The monoisotopic (exact) mass is 354 g/mol.